The van der Waals surface area contributed by atoms with Crippen LogP contribution in [0.25, 0.3) is 5.82 Å². The third kappa shape index (κ3) is 2.16. The number of aromatic nitrogens is 3. The van der Waals surface area contributed by atoms with E-state index in [1.165, 1.54) is 11.1 Å². The van der Waals surface area contributed by atoms with Gasteiger partial charge in [0.15, 0.2) is 5.82 Å². The number of rotatable bonds is 3. The van der Waals surface area contributed by atoms with Gasteiger partial charge in [0.2, 0.25) is 0 Å². The van der Waals surface area contributed by atoms with Crippen molar-refractivity contribution >= 4 is 0 Å². The lowest BCUT2D eigenvalue weighted by atomic mass is 10.1. The minimum Gasteiger partial charge on any atom is -0.330 e. The molecule has 0 bridgehead atoms. The summed E-state index contributed by atoms with van der Waals surface area (Å²) in [5.41, 5.74) is 11.3. The van der Waals surface area contributed by atoms with Gasteiger partial charge in [-0.25, -0.2) is 9.67 Å². The molecule has 0 spiro atoms. The number of nitrogens with two attached hydrogens (primary N) is 1. The minimum atomic E-state index is 0.652. The van der Waals surface area contributed by atoms with Gasteiger partial charge in [-0.05, 0) is 57.4 Å². The number of aryl methyl sites for hydroxylation is 2. The summed E-state index contributed by atoms with van der Waals surface area (Å²) in [7, 11) is 0. The van der Waals surface area contributed by atoms with Crippen LogP contribution < -0.4 is 5.73 Å². The molecular formula is C14H20N4. The molecule has 0 radical (unpaired) electrons. The molecule has 0 aliphatic carbocycles. The van der Waals surface area contributed by atoms with Gasteiger partial charge in [0, 0.05) is 11.9 Å². The molecule has 2 rings (SSSR count). The fourth-order valence-corrected chi connectivity index (χ4v) is 2.08. The van der Waals surface area contributed by atoms with E-state index in [2.05, 4.69) is 36.9 Å². The molecule has 2 aromatic heterocycles. The van der Waals surface area contributed by atoms with Crippen LogP contribution in [0.3, 0.4) is 0 Å². The third-order valence-corrected chi connectivity index (χ3v) is 3.39. The summed E-state index contributed by atoms with van der Waals surface area (Å²) < 4.78 is 1.92. The lowest BCUT2D eigenvalue weighted by molar-refractivity contribution is 0.794. The second-order valence-corrected chi connectivity index (χ2v) is 4.73. The molecule has 96 valence electrons. The summed E-state index contributed by atoms with van der Waals surface area (Å²) in [4.78, 5) is 4.53. The normalized spacial score (nSPS) is 10.9. The summed E-state index contributed by atoms with van der Waals surface area (Å²) in [6.07, 6.45) is 2.76. The first-order chi connectivity index (χ1) is 8.54. The van der Waals surface area contributed by atoms with Crippen molar-refractivity contribution in [1.82, 2.24) is 14.8 Å². The van der Waals surface area contributed by atoms with Gasteiger partial charge in [0.05, 0.1) is 5.69 Å². The van der Waals surface area contributed by atoms with Crippen LogP contribution in [-0.2, 0) is 6.42 Å². The number of pyridine rings is 1. The molecule has 2 N–H and O–H groups in total. The van der Waals surface area contributed by atoms with Gasteiger partial charge in [0.25, 0.3) is 0 Å². The molecule has 0 fully saturated rings. The molecule has 0 aliphatic heterocycles. The Morgan fingerprint density at radius 3 is 2.44 bits per heavy atom. The number of hydrogen-bond donors (Lipinski definition) is 1. The zero-order valence-electron chi connectivity index (χ0n) is 11.5. The van der Waals surface area contributed by atoms with E-state index in [0.29, 0.717) is 6.54 Å². The molecule has 0 aromatic carbocycles. The summed E-state index contributed by atoms with van der Waals surface area (Å²) in [5.74, 6) is 0.907. The Balaban J connectivity index is 2.48. The van der Waals surface area contributed by atoms with E-state index < -0.39 is 0 Å². The molecular weight excluding hydrogens is 224 g/mol. The monoisotopic (exact) mass is 244 g/mol. The van der Waals surface area contributed by atoms with Gasteiger partial charge < -0.3 is 5.73 Å². The number of nitrogens with zero attached hydrogens (tertiary/aromatic N) is 3. The molecule has 4 heteroatoms. The molecule has 18 heavy (non-hydrogen) atoms. The molecule has 4 nitrogen and oxygen atoms in total. The molecule has 0 aliphatic rings. The smallest absolute Gasteiger partial charge is 0.156 e. The topological polar surface area (TPSA) is 56.7 Å². The van der Waals surface area contributed by atoms with E-state index in [4.69, 9.17) is 5.73 Å². The van der Waals surface area contributed by atoms with Crippen LogP contribution in [0.5, 0.6) is 0 Å². The Morgan fingerprint density at radius 2 is 1.94 bits per heavy atom. The van der Waals surface area contributed by atoms with Crippen LogP contribution in [0, 0.1) is 27.7 Å². The maximum absolute atomic E-state index is 5.56. The molecule has 0 saturated carbocycles. The van der Waals surface area contributed by atoms with Crippen LogP contribution in [0.1, 0.15) is 28.1 Å². The van der Waals surface area contributed by atoms with Crippen LogP contribution in [0.4, 0.5) is 0 Å². The highest BCUT2D eigenvalue weighted by atomic mass is 15.3. The van der Waals surface area contributed by atoms with Crippen molar-refractivity contribution < 1.29 is 0 Å². The van der Waals surface area contributed by atoms with E-state index in [0.717, 1.165) is 29.2 Å². The highest BCUT2D eigenvalue weighted by Crippen LogP contribution is 2.18. The lowest BCUT2D eigenvalue weighted by Gasteiger charge is -2.09. The maximum Gasteiger partial charge on any atom is 0.156 e. The summed E-state index contributed by atoms with van der Waals surface area (Å²) in [6.45, 7) is 8.90. The van der Waals surface area contributed by atoms with E-state index in [1.54, 1.807) is 0 Å². The van der Waals surface area contributed by atoms with Crippen molar-refractivity contribution in [2.75, 3.05) is 6.54 Å². The zero-order valence-corrected chi connectivity index (χ0v) is 11.5. The van der Waals surface area contributed by atoms with Gasteiger partial charge in [-0.2, -0.15) is 5.10 Å². The first-order valence-electron chi connectivity index (χ1n) is 6.23. The van der Waals surface area contributed by atoms with Crippen molar-refractivity contribution in [2.24, 2.45) is 5.73 Å². The highest BCUT2D eigenvalue weighted by Gasteiger charge is 2.12. The van der Waals surface area contributed by atoms with Crippen molar-refractivity contribution in [3.63, 3.8) is 0 Å². The third-order valence-electron chi connectivity index (χ3n) is 3.39. The van der Waals surface area contributed by atoms with Crippen LogP contribution in [0.15, 0.2) is 12.3 Å². The van der Waals surface area contributed by atoms with Gasteiger partial charge in [0.1, 0.15) is 0 Å². The quantitative estimate of drug-likeness (QED) is 0.898. The average molecular weight is 244 g/mol. The van der Waals surface area contributed by atoms with E-state index in [-0.39, 0.29) is 0 Å². The predicted octanol–water partition coefficient (Wildman–Crippen LogP) is 2.00. The first-order valence-corrected chi connectivity index (χ1v) is 6.23. The second-order valence-electron chi connectivity index (χ2n) is 4.73. The molecule has 2 aromatic rings. The lowest BCUT2D eigenvalue weighted by Crippen LogP contribution is -2.07. The Morgan fingerprint density at radius 1 is 1.22 bits per heavy atom. The molecule has 0 saturated heterocycles. The van der Waals surface area contributed by atoms with E-state index >= 15 is 0 Å². The van der Waals surface area contributed by atoms with Crippen LogP contribution in [-0.4, -0.2) is 21.3 Å². The van der Waals surface area contributed by atoms with Gasteiger partial charge in [-0.1, -0.05) is 6.07 Å². The predicted molar refractivity (Wildman–Crippen MR) is 73.1 cm³/mol. The van der Waals surface area contributed by atoms with E-state index in [9.17, 15) is 0 Å². The van der Waals surface area contributed by atoms with Gasteiger partial charge in [-0.3, -0.25) is 0 Å². The minimum absolute atomic E-state index is 0.652. The highest BCUT2D eigenvalue weighted by molar-refractivity contribution is 5.38. The molecule has 0 unspecified atom stereocenters. The standard InChI is InChI=1S/C14H20N4/c1-9-7-13(5-6-15)8-16-14(9)18-12(4)10(2)11(3)17-18/h7-8H,5-6,15H2,1-4H3. The van der Waals surface area contributed by atoms with Crippen molar-refractivity contribution in [3.8, 4) is 5.82 Å². The van der Waals surface area contributed by atoms with Crippen LogP contribution in [0.2, 0.25) is 0 Å². The van der Waals surface area contributed by atoms with Crippen molar-refractivity contribution in [2.45, 2.75) is 34.1 Å². The SMILES string of the molecule is Cc1cc(CCN)cnc1-n1nc(C)c(C)c1C. The van der Waals surface area contributed by atoms with Gasteiger partial charge >= 0.3 is 0 Å². The molecule has 0 amide bonds. The first kappa shape index (κ1) is 12.8. The van der Waals surface area contributed by atoms with Crippen molar-refractivity contribution in [3.05, 3.63) is 40.3 Å². The largest absolute Gasteiger partial charge is 0.330 e. The fraction of sp³-hybridized carbons (Fsp3) is 0.429. The summed E-state index contributed by atoms with van der Waals surface area (Å²) in [5, 5.41) is 4.55. The molecule has 2 heterocycles. The second kappa shape index (κ2) is 4.90. The molecule has 0 atom stereocenters. The number of hydrogen-bond acceptors (Lipinski definition) is 3. The van der Waals surface area contributed by atoms with Gasteiger partial charge in [-0.15, -0.1) is 0 Å². The van der Waals surface area contributed by atoms with Crippen LogP contribution >= 0.6 is 0 Å². The Bertz CT molecular complexity index is 569. The summed E-state index contributed by atoms with van der Waals surface area (Å²) >= 11 is 0. The zero-order chi connectivity index (χ0) is 13.3. The Labute approximate surface area is 108 Å². The maximum atomic E-state index is 5.56. The Kier molecular flexibility index (Phi) is 3.48. The average Bonchev–Trinajstić information content (AvgIpc) is 2.58. The van der Waals surface area contributed by atoms with Crippen molar-refractivity contribution in [1.29, 1.82) is 0 Å². The summed E-state index contributed by atoms with van der Waals surface area (Å²) in [6, 6.07) is 2.14. The fourth-order valence-electron chi connectivity index (χ4n) is 2.08. The van der Waals surface area contributed by atoms with E-state index in [1.807, 2.05) is 17.8 Å². The Hall–Kier alpha value is -1.68.